The molecule has 4 rings (SSSR count). The topological polar surface area (TPSA) is 64.6 Å². The minimum atomic E-state index is -0.381. The third-order valence-corrected chi connectivity index (χ3v) is 5.16. The first-order valence-electron chi connectivity index (χ1n) is 9.32. The molecule has 0 unspecified atom stereocenters. The van der Waals surface area contributed by atoms with Gasteiger partial charge in [0.1, 0.15) is 0 Å². The lowest BCUT2D eigenvalue weighted by molar-refractivity contribution is -0.441. The molecule has 0 spiro atoms. The van der Waals surface area contributed by atoms with Crippen molar-refractivity contribution in [2.75, 3.05) is 20.8 Å². The minimum Gasteiger partial charge on any atom is -1.00 e. The second-order valence-electron chi connectivity index (χ2n) is 6.75. The number of hydrogen-bond donors (Lipinski definition) is 0. The van der Waals surface area contributed by atoms with Gasteiger partial charge in [-0.05, 0) is 29.8 Å². The Balaban J connectivity index is 0.00000256. The number of non-ortho nitro benzene ring substituents is 1. The zero-order chi connectivity index (χ0) is 20.4. The maximum absolute atomic E-state index is 11.0. The number of nitro benzene ring substituents is 1. The van der Waals surface area contributed by atoms with E-state index in [1.54, 1.807) is 38.5 Å². The van der Waals surface area contributed by atoms with Gasteiger partial charge in [-0.3, -0.25) is 10.1 Å². The summed E-state index contributed by atoms with van der Waals surface area (Å²) in [4.78, 5) is 10.6. The van der Waals surface area contributed by atoms with E-state index >= 15 is 0 Å². The van der Waals surface area contributed by atoms with Crippen LogP contribution in [0, 0.1) is 10.1 Å². The lowest BCUT2D eigenvalue weighted by Gasteiger charge is -2.20. The van der Waals surface area contributed by atoms with Crippen LogP contribution in [0.25, 0.3) is 0 Å². The monoisotopic (exact) mass is 468 g/mol. The Hall–Kier alpha value is -3.19. The van der Waals surface area contributed by atoms with Gasteiger partial charge in [0.05, 0.1) is 24.7 Å². The van der Waals surface area contributed by atoms with Gasteiger partial charge < -0.3 is 26.5 Å². The second-order valence-corrected chi connectivity index (χ2v) is 6.75. The molecular weight excluding hydrogens is 448 g/mol. The van der Waals surface area contributed by atoms with Crippen molar-refractivity contribution in [3.8, 4) is 11.5 Å². The molecule has 0 aliphatic carbocycles. The van der Waals surface area contributed by atoms with Crippen LogP contribution in [0.3, 0.4) is 0 Å². The number of ether oxygens (including phenoxy) is 2. The average Bonchev–Trinajstić information content (AvgIpc) is 2.77. The molecule has 0 fully saturated rings. The highest BCUT2D eigenvalue weighted by molar-refractivity contribution is 6.11. The van der Waals surface area contributed by atoms with Crippen LogP contribution in [0.1, 0.15) is 16.7 Å². The van der Waals surface area contributed by atoms with Gasteiger partial charge in [-0.1, -0.05) is 18.2 Å². The summed E-state index contributed by atoms with van der Waals surface area (Å²) < 4.78 is 13.2. The van der Waals surface area contributed by atoms with Crippen LogP contribution in [-0.4, -0.2) is 36.0 Å². The number of hydrogen-bond acceptors (Lipinski definition) is 4. The molecular formula is C23H21BrN2O4. The molecule has 1 aliphatic rings. The van der Waals surface area contributed by atoms with Gasteiger partial charge in [0.15, 0.2) is 18.0 Å². The summed E-state index contributed by atoms with van der Waals surface area (Å²) in [6, 6.07) is 20.9. The third kappa shape index (κ3) is 3.93. The molecule has 0 N–H and O–H groups in total. The van der Waals surface area contributed by atoms with E-state index in [-0.39, 0.29) is 27.6 Å². The Morgan fingerprint density at radius 3 is 2.17 bits per heavy atom. The molecule has 30 heavy (non-hydrogen) atoms. The molecule has 0 aromatic heterocycles. The highest BCUT2D eigenvalue weighted by Gasteiger charge is 2.30. The van der Waals surface area contributed by atoms with Crippen molar-refractivity contribution < 1.29 is 36.0 Å². The number of nitro groups is 1. The number of methoxy groups -OCH3 is 2. The standard InChI is InChI=1S/C23H21N2O4.BrH/c1-28-21-14-17-12-13-24(18-8-10-19(11-9-18)25(26)27)23(16-6-4-3-5-7-16)20(17)15-22(21)29-2;/h3-11,14-15H,12-13H2,1-2H3;1H/q+1;/p-1. The van der Waals surface area contributed by atoms with Crippen molar-refractivity contribution >= 4 is 17.1 Å². The lowest BCUT2D eigenvalue weighted by Crippen LogP contribution is -3.00. The maximum atomic E-state index is 11.0. The van der Waals surface area contributed by atoms with E-state index in [1.165, 1.54) is 5.56 Å². The number of nitrogens with zero attached hydrogens (tertiary/aromatic N) is 2. The Bertz CT molecular complexity index is 1100. The van der Waals surface area contributed by atoms with Gasteiger partial charge in [0.25, 0.3) is 5.69 Å². The van der Waals surface area contributed by atoms with Crippen LogP contribution >= 0.6 is 0 Å². The minimum absolute atomic E-state index is 0. The third-order valence-electron chi connectivity index (χ3n) is 5.16. The predicted octanol–water partition coefficient (Wildman–Crippen LogP) is 1.35. The highest BCUT2D eigenvalue weighted by atomic mass is 79.9. The summed E-state index contributed by atoms with van der Waals surface area (Å²) in [5.41, 5.74) is 5.35. The second kappa shape index (κ2) is 9.09. The van der Waals surface area contributed by atoms with E-state index in [4.69, 9.17) is 9.47 Å². The molecule has 0 atom stereocenters. The smallest absolute Gasteiger partial charge is 0.269 e. The Kier molecular flexibility index (Phi) is 6.52. The maximum Gasteiger partial charge on any atom is 0.269 e. The molecule has 1 heterocycles. The van der Waals surface area contributed by atoms with Crippen LogP contribution < -0.4 is 26.5 Å². The number of rotatable bonds is 5. The van der Waals surface area contributed by atoms with Crippen LogP contribution in [0.2, 0.25) is 0 Å². The van der Waals surface area contributed by atoms with Gasteiger partial charge in [0.2, 0.25) is 11.4 Å². The molecule has 0 amide bonds. The van der Waals surface area contributed by atoms with Gasteiger partial charge in [-0.15, -0.1) is 0 Å². The predicted molar refractivity (Wildman–Crippen MR) is 111 cm³/mol. The van der Waals surface area contributed by atoms with Gasteiger partial charge >= 0.3 is 0 Å². The van der Waals surface area contributed by atoms with Crippen molar-refractivity contribution in [3.63, 3.8) is 0 Å². The highest BCUT2D eigenvalue weighted by Crippen LogP contribution is 2.35. The van der Waals surface area contributed by atoms with Crippen LogP contribution in [0.4, 0.5) is 11.4 Å². The Morgan fingerprint density at radius 1 is 0.933 bits per heavy atom. The molecule has 3 aromatic rings. The lowest BCUT2D eigenvalue weighted by atomic mass is 9.91. The first-order valence-corrected chi connectivity index (χ1v) is 9.32. The van der Waals surface area contributed by atoms with E-state index < -0.39 is 0 Å². The van der Waals surface area contributed by atoms with E-state index in [2.05, 4.69) is 16.7 Å². The molecule has 0 saturated carbocycles. The van der Waals surface area contributed by atoms with E-state index in [0.717, 1.165) is 35.5 Å². The Labute approximate surface area is 185 Å². The molecule has 154 valence electrons. The van der Waals surface area contributed by atoms with Crippen molar-refractivity contribution in [2.24, 2.45) is 0 Å². The normalized spacial score (nSPS) is 12.6. The van der Waals surface area contributed by atoms with Crippen LogP contribution in [0.5, 0.6) is 11.5 Å². The number of halogens is 1. The first-order chi connectivity index (χ1) is 14.1. The van der Waals surface area contributed by atoms with E-state index in [1.807, 2.05) is 30.3 Å². The summed E-state index contributed by atoms with van der Waals surface area (Å²) in [5, 5.41) is 11.0. The molecule has 0 bridgehead atoms. The van der Waals surface area contributed by atoms with Crippen molar-refractivity contribution in [3.05, 3.63) is 93.5 Å². The average molecular weight is 469 g/mol. The van der Waals surface area contributed by atoms with Crippen molar-refractivity contribution in [1.82, 2.24) is 0 Å². The van der Waals surface area contributed by atoms with Gasteiger partial charge in [-0.25, -0.2) is 0 Å². The van der Waals surface area contributed by atoms with Gasteiger partial charge in [0, 0.05) is 36.2 Å². The van der Waals surface area contributed by atoms with Gasteiger partial charge in [-0.2, -0.15) is 4.58 Å². The SMILES string of the molecule is COc1cc2c(cc1OC)C(c1ccccc1)=[N+](c1ccc([N+](=O)[O-])cc1)CC2.[Br-]. The first kappa shape index (κ1) is 21.5. The quantitative estimate of drug-likeness (QED) is 0.322. The zero-order valence-corrected chi connectivity index (χ0v) is 18.3. The fourth-order valence-corrected chi connectivity index (χ4v) is 3.76. The fourth-order valence-electron chi connectivity index (χ4n) is 3.76. The zero-order valence-electron chi connectivity index (χ0n) is 16.7. The largest absolute Gasteiger partial charge is 1.00 e. The summed E-state index contributed by atoms with van der Waals surface area (Å²) in [6.07, 6.45) is 0.822. The molecule has 6 nitrogen and oxygen atoms in total. The molecule has 1 aliphatic heterocycles. The molecule has 0 saturated heterocycles. The Morgan fingerprint density at radius 2 is 1.57 bits per heavy atom. The number of benzene rings is 3. The molecule has 3 aromatic carbocycles. The summed E-state index contributed by atoms with van der Waals surface area (Å²) in [6.45, 7) is 0.754. The van der Waals surface area contributed by atoms with E-state index in [9.17, 15) is 10.1 Å². The van der Waals surface area contributed by atoms with Crippen molar-refractivity contribution in [2.45, 2.75) is 6.42 Å². The van der Waals surface area contributed by atoms with Crippen molar-refractivity contribution in [1.29, 1.82) is 0 Å². The fraction of sp³-hybridized carbons (Fsp3) is 0.174. The van der Waals surface area contributed by atoms with E-state index in [0.29, 0.717) is 11.5 Å². The molecule has 7 heteroatoms. The summed E-state index contributed by atoms with van der Waals surface area (Å²) in [5.74, 6) is 1.38. The molecule has 0 radical (unpaired) electrons. The summed E-state index contributed by atoms with van der Waals surface area (Å²) in [7, 11) is 3.27. The van der Waals surface area contributed by atoms with Crippen LogP contribution in [0.15, 0.2) is 66.7 Å². The summed E-state index contributed by atoms with van der Waals surface area (Å²) >= 11 is 0. The number of fused-ring (bicyclic) bond motifs is 1. The van der Waals surface area contributed by atoms with Crippen LogP contribution in [-0.2, 0) is 6.42 Å².